The Labute approximate surface area is 116 Å². The van der Waals surface area contributed by atoms with Crippen LogP contribution in [0.5, 0.6) is 11.5 Å². The van der Waals surface area contributed by atoms with Crippen LogP contribution in [0.3, 0.4) is 0 Å². The third-order valence-electron chi connectivity index (χ3n) is 4.01. The van der Waals surface area contributed by atoms with Crippen molar-refractivity contribution in [1.29, 1.82) is 0 Å². The van der Waals surface area contributed by atoms with E-state index in [4.69, 9.17) is 9.47 Å². The van der Waals surface area contributed by atoms with Crippen LogP contribution in [0.1, 0.15) is 40.5 Å². The highest BCUT2D eigenvalue weighted by Gasteiger charge is 2.42. The SMILES string of the molecule is CCOc1ccc(NC(C)C2(C)CC2)cc1OCC. The van der Waals surface area contributed by atoms with Gasteiger partial charge in [-0.15, -0.1) is 0 Å². The molecular weight excluding hydrogens is 238 g/mol. The average Bonchev–Trinajstić information content (AvgIpc) is 3.13. The van der Waals surface area contributed by atoms with E-state index in [1.165, 1.54) is 12.8 Å². The van der Waals surface area contributed by atoms with E-state index in [1.54, 1.807) is 0 Å². The van der Waals surface area contributed by atoms with Crippen LogP contribution in [0.15, 0.2) is 18.2 Å². The molecule has 1 aromatic carbocycles. The highest BCUT2D eigenvalue weighted by Crippen LogP contribution is 2.49. The summed E-state index contributed by atoms with van der Waals surface area (Å²) < 4.78 is 11.2. The van der Waals surface area contributed by atoms with Gasteiger partial charge in [0.15, 0.2) is 11.5 Å². The van der Waals surface area contributed by atoms with Gasteiger partial charge in [0.05, 0.1) is 13.2 Å². The highest BCUT2D eigenvalue weighted by molar-refractivity contribution is 5.55. The summed E-state index contributed by atoms with van der Waals surface area (Å²) in [7, 11) is 0. The van der Waals surface area contributed by atoms with E-state index < -0.39 is 0 Å². The summed E-state index contributed by atoms with van der Waals surface area (Å²) in [5, 5.41) is 3.58. The molecule has 3 heteroatoms. The molecule has 1 N–H and O–H groups in total. The molecule has 0 aliphatic heterocycles. The first kappa shape index (κ1) is 14.0. The number of hydrogen-bond donors (Lipinski definition) is 1. The standard InChI is InChI=1S/C16H25NO2/c1-5-18-14-8-7-13(11-15(14)19-6-2)17-12(3)16(4)9-10-16/h7-8,11-12,17H,5-6,9-10H2,1-4H3. The van der Waals surface area contributed by atoms with Gasteiger partial charge >= 0.3 is 0 Å². The smallest absolute Gasteiger partial charge is 0.163 e. The molecule has 0 saturated heterocycles. The van der Waals surface area contributed by atoms with E-state index in [0.717, 1.165) is 17.2 Å². The fourth-order valence-electron chi connectivity index (χ4n) is 2.20. The van der Waals surface area contributed by atoms with Gasteiger partial charge in [-0.2, -0.15) is 0 Å². The Morgan fingerprint density at radius 1 is 1.16 bits per heavy atom. The van der Waals surface area contributed by atoms with Crippen molar-refractivity contribution in [3.63, 3.8) is 0 Å². The number of hydrogen-bond acceptors (Lipinski definition) is 3. The van der Waals surface area contributed by atoms with E-state index in [9.17, 15) is 0 Å². The highest BCUT2D eigenvalue weighted by atomic mass is 16.5. The topological polar surface area (TPSA) is 30.5 Å². The van der Waals surface area contributed by atoms with Crippen molar-refractivity contribution in [2.75, 3.05) is 18.5 Å². The van der Waals surface area contributed by atoms with E-state index in [0.29, 0.717) is 24.7 Å². The molecule has 0 spiro atoms. The molecule has 0 aromatic heterocycles. The summed E-state index contributed by atoms with van der Waals surface area (Å²) in [5.41, 5.74) is 1.57. The Morgan fingerprint density at radius 3 is 2.37 bits per heavy atom. The van der Waals surface area contributed by atoms with Gasteiger partial charge in [-0.05, 0) is 51.2 Å². The maximum Gasteiger partial charge on any atom is 0.163 e. The average molecular weight is 263 g/mol. The summed E-state index contributed by atoms with van der Waals surface area (Å²) in [5.74, 6) is 1.64. The summed E-state index contributed by atoms with van der Waals surface area (Å²) in [6, 6.07) is 6.57. The van der Waals surface area contributed by atoms with Gasteiger partial charge in [-0.1, -0.05) is 6.92 Å². The second kappa shape index (κ2) is 5.72. The van der Waals surface area contributed by atoms with Gasteiger partial charge < -0.3 is 14.8 Å². The lowest BCUT2D eigenvalue weighted by molar-refractivity contribution is 0.288. The number of anilines is 1. The molecule has 1 unspecified atom stereocenters. The molecule has 0 bridgehead atoms. The molecule has 19 heavy (non-hydrogen) atoms. The van der Waals surface area contributed by atoms with Crippen LogP contribution in [-0.2, 0) is 0 Å². The van der Waals surface area contributed by atoms with Gasteiger partial charge in [-0.25, -0.2) is 0 Å². The normalized spacial score (nSPS) is 17.7. The van der Waals surface area contributed by atoms with Crippen molar-refractivity contribution in [3.8, 4) is 11.5 Å². The number of benzene rings is 1. The lowest BCUT2D eigenvalue weighted by atomic mass is 10.0. The molecule has 1 aliphatic rings. The van der Waals surface area contributed by atoms with Crippen LogP contribution < -0.4 is 14.8 Å². The first-order valence-corrected chi connectivity index (χ1v) is 7.25. The second-order valence-electron chi connectivity index (χ2n) is 5.55. The maximum absolute atomic E-state index is 5.65. The quantitative estimate of drug-likeness (QED) is 0.804. The van der Waals surface area contributed by atoms with Gasteiger partial charge in [0, 0.05) is 17.8 Å². The fourth-order valence-corrected chi connectivity index (χ4v) is 2.20. The lowest BCUT2D eigenvalue weighted by Crippen LogP contribution is -2.24. The van der Waals surface area contributed by atoms with Crippen molar-refractivity contribution >= 4 is 5.69 Å². The first-order valence-electron chi connectivity index (χ1n) is 7.25. The molecule has 3 nitrogen and oxygen atoms in total. The predicted molar refractivity (Wildman–Crippen MR) is 79.2 cm³/mol. The molecule has 1 fully saturated rings. The molecule has 2 rings (SSSR count). The van der Waals surface area contributed by atoms with Gasteiger partial charge in [0.2, 0.25) is 0 Å². The van der Waals surface area contributed by atoms with E-state index in [1.807, 2.05) is 26.0 Å². The second-order valence-corrected chi connectivity index (χ2v) is 5.55. The summed E-state index contributed by atoms with van der Waals surface area (Å²) in [6.45, 7) is 9.87. The van der Waals surface area contributed by atoms with E-state index in [-0.39, 0.29) is 0 Å². The van der Waals surface area contributed by atoms with Crippen molar-refractivity contribution in [2.45, 2.75) is 46.6 Å². The molecule has 0 radical (unpaired) electrons. The largest absolute Gasteiger partial charge is 0.490 e. The van der Waals surface area contributed by atoms with Crippen LogP contribution in [0, 0.1) is 5.41 Å². The van der Waals surface area contributed by atoms with Gasteiger partial charge in [-0.3, -0.25) is 0 Å². The molecule has 1 aromatic rings. The molecule has 1 atom stereocenters. The van der Waals surface area contributed by atoms with E-state index >= 15 is 0 Å². The van der Waals surface area contributed by atoms with Crippen LogP contribution in [0.4, 0.5) is 5.69 Å². The van der Waals surface area contributed by atoms with Crippen LogP contribution >= 0.6 is 0 Å². The lowest BCUT2D eigenvalue weighted by Gasteiger charge is -2.22. The van der Waals surface area contributed by atoms with Crippen molar-refractivity contribution in [3.05, 3.63) is 18.2 Å². The van der Waals surface area contributed by atoms with Crippen molar-refractivity contribution < 1.29 is 9.47 Å². The third-order valence-corrected chi connectivity index (χ3v) is 4.01. The molecular formula is C16H25NO2. The Morgan fingerprint density at radius 2 is 1.79 bits per heavy atom. The number of nitrogens with one attached hydrogen (secondary N) is 1. The van der Waals surface area contributed by atoms with Crippen molar-refractivity contribution in [2.24, 2.45) is 5.41 Å². The minimum Gasteiger partial charge on any atom is -0.490 e. The Bertz CT molecular complexity index is 427. The minimum absolute atomic E-state index is 0.463. The monoisotopic (exact) mass is 263 g/mol. The van der Waals surface area contributed by atoms with Crippen molar-refractivity contribution in [1.82, 2.24) is 0 Å². The third kappa shape index (κ3) is 3.34. The summed E-state index contributed by atoms with van der Waals surface area (Å²) in [6.07, 6.45) is 2.63. The van der Waals surface area contributed by atoms with Crippen LogP contribution in [-0.4, -0.2) is 19.3 Å². The number of ether oxygens (including phenoxy) is 2. The zero-order valence-corrected chi connectivity index (χ0v) is 12.5. The molecule has 1 aliphatic carbocycles. The fraction of sp³-hybridized carbons (Fsp3) is 0.625. The zero-order valence-electron chi connectivity index (χ0n) is 12.5. The Kier molecular flexibility index (Phi) is 4.23. The summed E-state index contributed by atoms with van der Waals surface area (Å²) >= 11 is 0. The number of rotatable bonds is 7. The zero-order chi connectivity index (χ0) is 13.9. The Hall–Kier alpha value is -1.38. The minimum atomic E-state index is 0.463. The maximum atomic E-state index is 5.65. The van der Waals surface area contributed by atoms with Crippen LogP contribution in [0.2, 0.25) is 0 Å². The van der Waals surface area contributed by atoms with Crippen LogP contribution in [0.25, 0.3) is 0 Å². The Balaban J connectivity index is 2.10. The van der Waals surface area contributed by atoms with Gasteiger partial charge in [0.1, 0.15) is 0 Å². The molecule has 0 heterocycles. The molecule has 1 saturated carbocycles. The van der Waals surface area contributed by atoms with E-state index in [2.05, 4.69) is 25.2 Å². The summed E-state index contributed by atoms with van der Waals surface area (Å²) in [4.78, 5) is 0. The molecule has 0 amide bonds. The first-order chi connectivity index (χ1) is 9.09. The predicted octanol–water partition coefficient (Wildman–Crippen LogP) is 4.08. The van der Waals surface area contributed by atoms with Gasteiger partial charge in [0.25, 0.3) is 0 Å². The molecule has 106 valence electrons.